The number of rotatable bonds is 2. The monoisotopic (exact) mass is 299 g/mol. The Morgan fingerprint density at radius 2 is 2.35 bits per heavy atom. The Labute approximate surface area is 108 Å². The Morgan fingerprint density at radius 1 is 1.47 bits per heavy atom. The number of aromatic hydroxyl groups is 1. The molecule has 0 aliphatic carbocycles. The number of phenols is 1. The van der Waals surface area contributed by atoms with Crippen molar-refractivity contribution < 1.29 is 14.6 Å². The van der Waals surface area contributed by atoms with Gasteiger partial charge in [0, 0.05) is 11.6 Å². The van der Waals surface area contributed by atoms with E-state index in [0.29, 0.717) is 22.0 Å². The first kappa shape index (κ1) is 11.2. The maximum absolute atomic E-state index is 10.1. The van der Waals surface area contributed by atoms with E-state index < -0.39 is 0 Å². The third kappa shape index (κ3) is 1.98. The standard InChI is InChI=1S/C12H14BrNO3/c13-10-11(15)7(4-8-2-1-3-14-8)5-9-12(10)17-6-16-9/h5,8,14-15H,1-4,6H2. The normalized spacial score (nSPS) is 22.1. The predicted molar refractivity (Wildman–Crippen MR) is 66.7 cm³/mol. The lowest BCUT2D eigenvalue weighted by Crippen LogP contribution is -2.23. The zero-order valence-corrected chi connectivity index (χ0v) is 10.9. The Hall–Kier alpha value is -0.940. The first-order valence-electron chi connectivity index (χ1n) is 5.79. The molecule has 0 amide bonds. The van der Waals surface area contributed by atoms with Gasteiger partial charge in [-0.05, 0) is 47.8 Å². The van der Waals surface area contributed by atoms with Crippen LogP contribution >= 0.6 is 15.9 Å². The van der Waals surface area contributed by atoms with Gasteiger partial charge >= 0.3 is 0 Å². The molecule has 1 aromatic rings. The van der Waals surface area contributed by atoms with Gasteiger partial charge in [0.05, 0.1) is 0 Å². The number of halogens is 1. The van der Waals surface area contributed by atoms with Gasteiger partial charge in [-0.25, -0.2) is 0 Å². The quantitative estimate of drug-likeness (QED) is 0.879. The third-order valence-corrected chi connectivity index (χ3v) is 4.02. The summed E-state index contributed by atoms with van der Waals surface area (Å²) in [5, 5.41) is 13.5. The summed E-state index contributed by atoms with van der Waals surface area (Å²) in [7, 11) is 0. The lowest BCUT2D eigenvalue weighted by Gasteiger charge is -2.13. The molecule has 3 rings (SSSR count). The van der Waals surface area contributed by atoms with Gasteiger partial charge in [-0.3, -0.25) is 0 Å². The molecule has 4 nitrogen and oxygen atoms in total. The number of benzene rings is 1. The summed E-state index contributed by atoms with van der Waals surface area (Å²) < 4.78 is 11.2. The van der Waals surface area contributed by atoms with Gasteiger partial charge < -0.3 is 19.9 Å². The van der Waals surface area contributed by atoms with Gasteiger partial charge in [0.2, 0.25) is 6.79 Å². The van der Waals surface area contributed by atoms with E-state index in [4.69, 9.17) is 9.47 Å². The second kappa shape index (κ2) is 4.38. The van der Waals surface area contributed by atoms with Gasteiger partial charge in [0.25, 0.3) is 0 Å². The van der Waals surface area contributed by atoms with Crippen LogP contribution in [0.3, 0.4) is 0 Å². The predicted octanol–water partition coefficient (Wildman–Crippen LogP) is 2.18. The average Bonchev–Trinajstić information content (AvgIpc) is 2.96. The minimum absolute atomic E-state index is 0.221. The molecule has 92 valence electrons. The summed E-state index contributed by atoms with van der Waals surface area (Å²) in [5.74, 6) is 1.58. The van der Waals surface area contributed by atoms with Crippen LogP contribution in [0.15, 0.2) is 10.5 Å². The molecule has 0 spiro atoms. The molecule has 2 N–H and O–H groups in total. The molecule has 0 saturated carbocycles. The van der Waals surface area contributed by atoms with Crippen LogP contribution in [-0.4, -0.2) is 24.5 Å². The van der Waals surface area contributed by atoms with E-state index >= 15 is 0 Å². The topological polar surface area (TPSA) is 50.7 Å². The van der Waals surface area contributed by atoms with Crippen molar-refractivity contribution in [3.05, 3.63) is 16.1 Å². The van der Waals surface area contributed by atoms with E-state index in [1.165, 1.54) is 6.42 Å². The third-order valence-electron chi connectivity index (χ3n) is 3.29. The van der Waals surface area contributed by atoms with Crippen LogP contribution in [0.25, 0.3) is 0 Å². The molecule has 2 heterocycles. The minimum atomic E-state index is 0.221. The fraction of sp³-hybridized carbons (Fsp3) is 0.500. The smallest absolute Gasteiger partial charge is 0.231 e. The molecule has 1 unspecified atom stereocenters. The molecule has 0 aromatic heterocycles. The van der Waals surface area contributed by atoms with E-state index in [1.807, 2.05) is 6.07 Å². The summed E-state index contributed by atoms with van der Waals surface area (Å²) in [4.78, 5) is 0. The van der Waals surface area contributed by atoms with Gasteiger partial charge in [-0.15, -0.1) is 0 Å². The van der Waals surface area contributed by atoms with Crippen LogP contribution in [0, 0.1) is 0 Å². The molecule has 2 aliphatic heterocycles. The van der Waals surface area contributed by atoms with Crippen LogP contribution < -0.4 is 14.8 Å². The number of ether oxygens (including phenoxy) is 2. The molecule has 1 saturated heterocycles. The van der Waals surface area contributed by atoms with Crippen LogP contribution in [0.5, 0.6) is 17.2 Å². The zero-order valence-electron chi connectivity index (χ0n) is 9.33. The Kier molecular flexibility index (Phi) is 2.88. The highest BCUT2D eigenvalue weighted by Crippen LogP contribution is 2.46. The minimum Gasteiger partial charge on any atom is -0.506 e. The number of hydrogen-bond acceptors (Lipinski definition) is 4. The van der Waals surface area contributed by atoms with Crippen molar-refractivity contribution in [1.29, 1.82) is 0 Å². The maximum atomic E-state index is 10.1. The molecule has 2 aliphatic rings. The molecule has 0 bridgehead atoms. The van der Waals surface area contributed by atoms with Crippen LogP contribution in [0.2, 0.25) is 0 Å². The van der Waals surface area contributed by atoms with Gasteiger partial charge in [-0.2, -0.15) is 0 Å². The van der Waals surface area contributed by atoms with E-state index in [2.05, 4.69) is 21.2 Å². The van der Waals surface area contributed by atoms with E-state index in [9.17, 15) is 5.11 Å². The number of nitrogens with one attached hydrogen (secondary N) is 1. The second-order valence-electron chi connectivity index (χ2n) is 4.43. The number of hydrogen-bond donors (Lipinski definition) is 2. The highest BCUT2D eigenvalue weighted by atomic mass is 79.9. The fourth-order valence-corrected chi connectivity index (χ4v) is 2.96. The van der Waals surface area contributed by atoms with Crippen molar-refractivity contribution in [2.24, 2.45) is 0 Å². The van der Waals surface area contributed by atoms with E-state index in [1.54, 1.807) is 0 Å². The van der Waals surface area contributed by atoms with Crippen LogP contribution in [0.4, 0.5) is 0 Å². The Balaban J connectivity index is 1.91. The molecule has 17 heavy (non-hydrogen) atoms. The SMILES string of the molecule is Oc1c(CC2CCCN2)cc2c(c1Br)OCO2. The van der Waals surface area contributed by atoms with Crippen molar-refractivity contribution in [3.63, 3.8) is 0 Å². The van der Waals surface area contributed by atoms with Crippen molar-refractivity contribution in [2.75, 3.05) is 13.3 Å². The molecule has 1 aromatic carbocycles. The number of phenolic OH excluding ortho intramolecular Hbond substituents is 1. The van der Waals surface area contributed by atoms with Crippen molar-refractivity contribution in [1.82, 2.24) is 5.32 Å². The van der Waals surface area contributed by atoms with Gasteiger partial charge in [0.15, 0.2) is 11.5 Å². The maximum Gasteiger partial charge on any atom is 0.231 e. The summed E-state index contributed by atoms with van der Waals surface area (Å²) in [6.45, 7) is 1.29. The largest absolute Gasteiger partial charge is 0.506 e. The first-order valence-corrected chi connectivity index (χ1v) is 6.58. The van der Waals surface area contributed by atoms with E-state index in [0.717, 1.165) is 24.9 Å². The number of fused-ring (bicyclic) bond motifs is 1. The van der Waals surface area contributed by atoms with Gasteiger partial charge in [-0.1, -0.05) is 0 Å². The Bertz CT molecular complexity index is 444. The molecular weight excluding hydrogens is 286 g/mol. The summed E-state index contributed by atoms with van der Waals surface area (Å²) in [6.07, 6.45) is 3.18. The van der Waals surface area contributed by atoms with Crippen LogP contribution in [-0.2, 0) is 6.42 Å². The summed E-state index contributed by atoms with van der Waals surface area (Å²) in [6, 6.07) is 2.33. The Morgan fingerprint density at radius 3 is 3.12 bits per heavy atom. The van der Waals surface area contributed by atoms with E-state index in [-0.39, 0.29) is 12.5 Å². The first-order chi connectivity index (χ1) is 8.25. The van der Waals surface area contributed by atoms with Crippen molar-refractivity contribution in [3.8, 4) is 17.2 Å². The van der Waals surface area contributed by atoms with Crippen molar-refractivity contribution in [2.45, 2.75) is 25.3 Å². The highest BCUT2D eigenvalue weighted by molar-refractivity contribution is 9.10. The van der Waals surface area contributed by atoms with Crippen molar-refractivity contribution >= 4 is 15.9 Å². The van der Waals surface area contributed by atoms with Gasteiger partial charge in [0.1, 0.15) is 10.2 Å². The summed E-state index contributed by atoms with van der Waals surface area (Å²) >= 11 is 3.36. The molecule has 1 fully saturated rings. The lowest BCUT2D eigenvalue weighted by molar-refractivity contribution is 0.173. The lowest BCUT2D eigenvalue weighted by atomic mass is 10.0. The van der Waals surface area contributed by atoms with Crippen LogP contribution in [0.1, 0.15) is 18.4 Å². The zero-order chi connectivity index (χ0) is 11.8. The fourth-order valence-electron chi connectivity index (χ4n) is 2.39. The highest BCUT2D eigenvalue weighted by Gasteiger charge is 2.24. The second-order valence-corrected chi connectivity index (χ2v) is 5.22. The molecular formula is C12H14BrNO3. The molecule has 1 atom stereocenters. The average molecular weight is 300 g/mol. The molecule has 0 radical (unpaired) electrons. The molecule has 5 heteroatoms. The summed E-state index contributed by atoms with van der Waals surface area (Å²) in [5.41, 5.74) is 0.903.